The summed E-state index contributed by atoms with van der Waals surface area (Å²) in [6.07, 6.45) is 0. The minimum absolute atomic E-state index is 0.0575. The van der Waals surface area contributed by atoms with Crippen molar-refractivity contribution in [2.24, 2.45) is 0 Å². The minimum Gasteiger partial charge on any atom is -0.350 e. The second kappa shape index (κ2) is 9.26. The van der Waals surface area contributed by atoms with E-state index in [2.05, 4.69) is 10.6 Å². The van der Waals surface area contributed by atoms with E-state index in [9.17, 15) is 14.4 Å². The third kappa shape index (κ3) is 4.37. The summed E-state index contributed by atoms with van der Waals surface area (Å²) in [5.74, 6) is -1.50. The van der Waals surface area contributed by atoms with E-state index in [4.69, 9.17) is 23.2 Å². The molecule has 8 heteroatoms. The Balaban J connectivity index is 1.45. The van der Waals surface area contributed by atoms with Gasteiger partial charge in [-0.05, 0) is 42.0 Å². The summed E-state index contributed by atoms with van der Waals surface area (Å²) in [7, 11) is 0. The zero-order valence-corrected chi connectivity index (χ0v) is 18.2. The number of halogens is 2. The fourth-order valence-corrected chi connectivity index (χ4v) is 3.63. The van der Waals surface area contributed by atoms with Crippen LogP contribution in [-0.2, 0) is 16.1 Å². The van der Waals surface area contributed by atoms with Crippen molar-refractivity contribution in [3.63, 3.8) is 0 Å². The van der Waals surface area contributed by atoms with Gasteiger partial charge in [0, 0.05) is 17.8 Å². The van der Waals surface area contributed by atoms with Crippen LogP contribution in [0.25, 0.3) is 0 Å². The highest BCUT2D eigenvalue weighted by molar-refractivity contribution is 6.53. The van der Waals surface area contributed by atoms with Crippen LogP contribution in [0, 0.1) is 0 Å². The molecule has 0 aromatic heterocycles. The summed E-state index contributed by atoms with van der Waals surface area (Å²) < 4.78 is 0. The lowest BCUT2D eigenvalue weighted by Gasteiger charge is -2.16. The Hall–Kier alpha value is -3.61. The van der Waals surface area contributed by atoms with Gasteiger partial charge in [-0.1, -0.05) is 65.7 Å². The van der Waals surface area contributed by atoms with Gasteiger partial charge in [-0.25, -0.2) is 4.90 Å². The summed E-state index contributed by atoms with van der Waals surface area (Å²) in [6.45, 7) is 0.413. The van der Waals surface area contributed by atoms with Crippen LogP contribution in [0.1, 0.15) is 15.9 Å². The zero-order chi connectivity index (χ0) is 22.7. The summed E-state index contributed by atoms with van der Waals surface area (Å²) in [6, 6.07) is 22.6. The second-order valence-electron chi connectivity index (χ2n) is 6.96. The number of hydrogen-bond donors (Lipinski definition) is 2. The molecule has 0 spiro atoms. The van der Waals surface area contributed by atoms with Crippen LogP contribution in [-0.4, -0.2) is 17.7 Å². The van der Waals surface area contributed by atoms with Crippen molar-refractivity contribution < 1.29 is 14.4 Å². The number of amides is 3. The van der Waals surface area contributed by atoms with Gasteiger partial charge >= 0.3 is 0 Å². The first-order chi connectivity index (χ1) is 15.5. The summed E-state index contributed by atoms with van der Waals surface area (Å²) >= 11 is 12.3. The van der Waals surface area contributed by atoms with Gasteiger partial charge in [0.05, 0.1) is 10.7 Å². The molecular formula is C24H17Cl2N3O3. The largest absolute Gasteiger partial charge is 0.350 e. The molecule has 1 aliphatic rings. The number of para-hydroxylation sites is 1. The molecule has 0 radical (unpaired) electrons. The third-order valence-corrected chi connectivity index (χ3v) is 5.50. The van der Waals surface area contributed by atoms with E-state index in [0.717, 1.165) is 10.5 Å². The molecule has 3 aromatic carbocycles. The van der Waals surface area contributed by atoms with Gasteiger partial charge in [-0.3, -0.25) is 14.4 Å². The van der Waals surface area contributed by atoms with E-state index in [1.54, 1.807) is 48.5 Å². The maximum atomic E-state index is 12.9. The van der Waals surface area contributed by atoms with Gasteiger partial charge in [-0.2, -0.15) is 0 Å². The van der Waals surface area contributed by atoms with Gasteiger partial charge < -0.3 is 10.6 Å². The van der Waals surface area contributed by atoms with Crippen LogP contribution in [0.5, 0.6) is 0 Å². The smallest absolute Gasteiger partial charge is 0.283 e. The van der Waals surface area contributed by atoms with Gasteiger partial charge in [-0.15, -0.1) is 0 Å². The van der Waals surface area contributed by atoms with E-state index >= 15 is 0 Å². The topological polar surface area (TPSA) is 78.5 Å². The fraction of sp³-hybridized carbons (Fsp3) is 0.0417. The molecule has 0 aliphatic carbocycles. The van der Waals surface area contributed by atoms with E-state index in [0.29, 0.717) is 17.8 Å². The van der Waals surface area contributed by atoms with Crippen LogP contribution in [0.3, 0.4) is 0 Å². The number of imide groups is 1. The van der Waals surface area contributed by atoms with E-state index in [1.165, 1.54) is 0 Å². The lowest BCUT2D eigenvalue weighted by atomic mass is 10.1. The molecule has 0 bridgehead atoms. The predicted octanol–water partition coefficient (Wildman–Crippen LogP) is 4.71. The second-order valence-corrected chi connectivity index (χ2v) is 7.74. The van der Waals surface area contributed by atoms with Crippen molar-refractivity contribution >= 4 is 52.3 Å². The first-order valence-corrected chi connectivity index (χ1v) is 10.4. The molecule has 1 aliphatic heterocycles. The van der Waals surface area contributed by atoms with Crippen LogP contribution in [0.4, 0.5) is 11.4 Å². The predicted molar refractivity (Wildman–Crippen MR) is 125 cm³/mol. The van der Waals surface area contributed by atoms with E-state index in [1.807, 2.05) is 30.3 Å². The molecule has 0 fully saturated rings. The quantitative estimate of drug-likeness (QED) is 0.516. The van der Waals surface area contributed by atoms with Crippen molar-refractivity contribution in [3.05, 3.63) is 106 Å². The standard InChI is InChI=1S/C24H17Cl2N3O3/c25-18-8-4-5-9-19(18)29-23(31)20(26)21(24(29)32)28-17-12-10-16(11-13-17)22(30)27-14-15-6-2-1-3-7-15/h1-13,28H,14H2,(H,27,30). The maximum Gasteiger partial charge on any atom is 0.283 e. The lowest BCUT2D eigenvalue weighted by molar-refractivity contribution is -0.120. The fourth-order valence-electron chi connectivity index (χ4n) is 3.19. The molecule has 1 heterocycles. The molecule has 6 nitrogen and oxygen atoms in total. The highest BCUT2D eigenvalue weighted by Gasteiger charge is 2.39. The van der Waals surface area contributed by atoms with Crippen molar-refractivity contribution in [2.75, 3.05) is 10.2 Å². The number of carbonyl (C=O) groups excluding carboxylic acids is 3. The Labute approximate surface area is 194 Å². The van der Waals surface area contributed by atoms with Gasteiger partial charge in [0.1, 0.15) is 10.7 Å². The molecule has 3 amide bonds. The monoisotopic (exact) mass is 465 g/mol. The van der Waals surface area contributed by atoms with Gasteiger partial charge in [0.2, 0.25) is 0 Å². The van der Waals surface area contributed by atoms with Crippen LogP contribution >= 0.6 is 23.2 Å². The Kier molecular flexibility index (Phi) is 6.25. The summed E-state index contributed by atoms with van der Waals surface area (Å²) in [5, 5.41) is 5.74. The van der Waals surface area contributed by atoms with Crippen molar-refractivity contribution in [2.45, 2.75) is 6.54 Å². The highest BCUT2D eigenvalue weighted by atomic mass is 35.5. The Morgan fingerprint density at radius 2 is 1.47 bits per heavy atom. The summed E-state index contributed by atoms with van der Waals surface area (Å²) in [5.41, 5.74) is 2.15. The van der Waals surface area contributed by atoms with Gasteiger partial charge in [0.15, 0.2) is 0 Å². The molecule has 3 aromatic rings. The number of anilines is 2. The molecule has 0 atom stereocenters. The van der Waals surface area contributed by atoms with E-state index < -0.39 is 11.8 Å². The number of hydrogen-bond acceptors (Lipinski definition) is 4. The zero-order valence-electron chi connectivity index (χ0n) is 16.6. The molecular weight excluding hydrogens is 449 g/mol. The number of benzene rings is 3. The minimum atomic E-state index is -0.663. The van der Waals surface area contributed by atoms with Crippen molar-refractivity contribution in [1.29, 1.82) is 0 Å². The normalized spacial score (nSPS) is 13.5. The summed E-state index contributed by atoms with van der Waals surface area (Å²) in [4.78, 5) is 38.7. The highest BCUT2D eigenvalue weighted by Crippen LogP contribution is 2.34. The average molecular weight is 466 g/mol. The third-order valence-electron chi connectivity index (χ3n) is 4.83. The Morgan fingerprint density at radius 3 is 2.16 bits per heavy atom. The number of carbonyl (C=O) groups is 3. The Morgan fingerprint density at radius 1 is 0.812 bits per heavy atom. The number of rotatable bonds is 6. The molecule has 0 saturated carbocycles. The number of nitrogens with zero attached hydrogens (tertiary/aromatic N) is 1. The SMILES string of the molecule is O=C(NCc1ccccc1)c1ccc(NC2=C(Cl)C(=O)N(c3ccccc3Cl)C2=O)cc1. The molecule has 2 N–H and O–H groups in total. The first-order valence-electron chi connectivity index (χ1n) is 9.68. The average Bonchev–Trinajstić information content (AvgIpc) is 3.02. The van der Waals surface area contributed by atoms with Gasteiger partial charge in [0.25, 0.3) is 17.7 Å². The van der Waals surface area contributed by atoms with Crippen LogP contribution < -0.4 is 15.5 Å². The molecule has 0 unspecified atom stereocenters. The Bertz CT molecular complexity index is 1220. The van der Waals surface area contributed by atoms with E-state index in [-0.39, 0.29) is 27.3 Å². The molecule has 160 valence electrons. The van der Waals surface area contributed by atoms with Crippen molar-refractivity contribution in [1.82, 2.24) is 5.32 Å². The first kappa shape index (κ1) is 21.6. The molecule has 4 rings (SSSR count). The lowest BCUT2D eigenvalue weighted by Crippen LogP contribution is -2.32. The van der Waals surface area contributed by atoms with Crippen LogP contribution in [0.15, 0.2) is 89.6 Å². The number of nitrogens with one attached hydrogen (secondary N) is 2. The van der Waals surface area contributed by atoms with Crippen molar-refractivity contribution in [3.8, 4) is 0 Å². The van der Waals surface area contributed by atoms with Crippen LogP contribution in [0.2, 0.25) is 5.02 Å². The molecule has 32 heavy (non-hydrogen) atoms. The maximum absolute atomic E-state index is 12.9. The molecule has 0 saturated heterocycles.